The SMILES string of the molecule is COc1ccc(Cl)cc1-c1nn(CCn2cccn2)cc1NC(=O)c1cnn2cccnc12. The van der Waals surface area contributed by atoms with E-state index in [0.29, 0.717) is 52.0 Å². The second kappa shape index (κ2) is 8.75. The molecule has 1 N–H and O–H groups in total. The second-order valence-electron chi connectivity index (χ2n) is 7.17. The van der Waals surface area contributed by atoms with Gasteiger partial charge in [-0.2, -0.15) is 15.3 Å². The lowest BCUT2D eigenvalue weighted by Crippen LogP contribution is -2.12. The van der Waals surface area contributed by atoms with Crippen LogP contribution in [0.15, 0.2) is 67.5 Å². The average molecular weight is 463 g/mol. The Morgan fingerprint density at radius 2 is 1.97 bits per heavy atom. The fraction of sp³-hybridized carbons (Fsp3) is 0.136. The van der Waals surface area contributed by atoms with Gasteiger partial charge in [0.15, 0.2) is 5.65 Å². The summed E-state index contributed by atoms with van der Waals surface area (Å²) in [4.78, 5) is 17.4. The molecule has 0 unspecified atom stereocenters. The van der Waals surface area contributed by atoms with E-state index in [1.807, 2.05) is 16.9 Å². The number of methoxy groups -OCH3 is 1. The summed E-state index contributed by atoms with van der Waals surface area (Å²) in [5.41, 5.74) is 2.52. The molecule has 5 rings (SSSR count). The van der Waals surface area contributed by atoms with E-state index < -0.39 is 0 Å². The van der Waals surface area contributed by atoms with Crippen molar-refractivity contribution in [3.63, 3.8) is 0 Å². The van der Waals surface area contributed by atoms with E-state index in [1.165, 1.54) is 6.20 Å². The van der Waals surface area contributed by atoms with E-state index >= 15 is 0 Å². The number of hydrogen-bond donors (Lipinski definition) is 1. The number of rotatable bonds is 7. The average Bonchev–Trinajstić information content (AvgIpc) is 3.57. The fourth-order valence-corrected chi connectivity index (χ4v) is 3.68. The Kier molecular flexibility index (Phi) is 5.49. The van der Waals surface area contributed by atoms with E-state index in [4.69, 9.17) is 21.4 Å². The molecule has 4 aromatic heterocycles. The number of aryl methyl sites for hydroxylation is 2. The quantitative estimate of drug-likeness (QED) is 0.397. The van der Waals surface area contributed by atoms with E-state index in [2.05, 4.69) is 20.5 Å². The smallest absolute Gasteiger partial charge is 0.261 e. The van der Waals surface area contributed by atoms with Crippen LogP contribution in [-0.4, -0.2) is 47.2 Å². The molecular formula is C22H19ClN8O2. The Labute approximate surface area is 193 Å². The van der Waals surface area contributed by atoms with Gasteiger partial charge in [-0.3, -0.25) is 14.2 Å². The highest BCUT2D eigenvalue weighted by Gasteiger charge is 2.20. The van der Waals surface area contributed by atoms with Crippen molar-refractivity contribution in [2.24, 2.45) is 0 Å². The molecule has 0 bridgehead atoms. The van der Waals surface area contributed by atoms with Gasteiger partial charge in [0, 0.05) is 41.6 Å². The number of hydrogen-bond acceptors (Lipinski definition) is 6. The van der Waals surface area contributed by atoms with Crippen LogP contribution in [0.1, 0.15) is 10.4 Å². The van der Waals surface area contributed by atoms with Crippen molar-refractivity contribution in [3.8, 4) is 17.0 Å². The normalized spacial score (nSPS) is 11.1. The van der Waals surface area contributed by atoms with Crippen molar-refractivity contribution in [3.05, 3.63) is 78.1 Å². The summed E-state index contributed by atoms with van der Waals surface area (Å²) in [5, 5.41) is 16.6. The van der Waals surface area contributed by atoms with Gasteiger partial charge in [-0.05, 0) is 30.3 Å². The van der Waals surface area contributed by atoms with Gasteiger partial charge in [-0.25, -0.2) is 9.50 Å². The Bertz CT molecular complexity index is 1420. The lowest BCUT2D eigenvalue weighted by atomic mass is 10.1. The van der Waals surface area contributed by atoms with Crippen LogP contribution in [0.5, 0.6) is 5.75 Å². The molecule has 0 saturated heterocycles. The minimum absolute atomic E-state index is 0.349. The molecular weight excluding hydrogens is 444 g/mol. The standard InChI is InChI=1S/C22H19ClN8O2/c1-33-19-5-4-15(23)12-16(19)20-18(14-30(28-20)11-10-29-8-3-7-25-29)27-22(32)17-13-26-31-9-2-6-24-21(17)31/h2-9,12-14H,10-11H2,1H3,(H,27,32). The molecule has 0 aliphatic heterocycles. The molecule has 10 nitrogen and oxygen atoms in total. The maximum absolute atomic E-state index is 13.1. The van der Waals surface area contributed by atoms with Gasteiger partial charge in [0.05, 0.1) is 32.1 Å². The van der Waals surface area contributed by atoms with Crippen LogP contribution in [0.25, 0.3) is 16.9 Å². The van der Waals surface area contributed by atoms with Crippen molar-refractivity contribution >= 4 is 28.8 Å². The number of nitrogens with zero attached hydrogens (tertiary/aromatic N) is 7. The molecule has 0 atom stereocenters. The van der Waals surface area contributed by atoms with Crippen LogP contribution >= 0.6 is 11.6 Å². The molecule has 4 heterocycles. The predicted molar refractivity (Wildman–Crippen MR) is 122 cm³/mol. The first-order valence-electron chi connectivity index (χ1n) is 10.1. The molecule has 0 fully saturated rings. The van der Waals surface area contributed by atoms with E-state index in [1.54, 1.807) is 65.4 Å². The molecule has 33 heavy (non-hydrogen) atoms. The number of aromatic nitrogens is 7. The number of halogens is 1. The van der Waals surface area contributed by atoms with Crippen LogP contribution in [0.4, 0.5) is 5.69 Å². The van der Waals surface area contributed by atoms with Crippen molar-refractivity contribution in [2.45, 2.75) is 13.1 Å². The van der Waals surface area contributed by atoms with Crippen molar-refractivity contribution < 1.29 is 9.53 Å². The van der Waals surface area contributed by atoms with Gasteiger partial charge in [0.1, 0.15) is 17.0 Å². The van der Waals surface area contributed by atoms with E-state index in [0.717, 1.165) is 0 Å². The van der Waals surface area contributed by atoms with Crippen molar-refractivity contribution in [2.75, 3.05) is 12.4 Å². The molecule has 0 saturated carbocycles. The number of ether oxygens (including phenoxy) is 1. The first-order chi connectivity index (χ1) is 16.1. The highest BCUT2D eigenvalue weighted by atomic mass is 35.5. The topological polar surface area (TPSA) is 104 Å². The molecule has 1 amide bonds. The number of benzene rings is 1. The van der Waals surface area contributed by atoms with Crippen molar-refractivity contribution in [1.29, 1.82) is 0 Å². The summed E-state index contributed by atoms with van der Waals surface area (Å²) in [6, 6.07) is 8.87. The van der Waals surface area contributed by atoms with Gasteiger partial charge in [0.2, 0.25) is 0 Å². The van der Waals surface area contributed by atoms with Gasteiger partial charge in [-0.15, -0.1) is 0 Å². The molecule has 0 radical (unpaired) electrons. The largest absolute Gasteiger partial charge is 0.496 e. The number of nitrogens with one attached hydrogen (secondary N) is 1. The summed E-state index contributed by atoms with van der Waals surface area (Å²) < 4.78 is 10.6. The Hall–Kier alpha value is -4.18. The molecule has 1 aromatic carbocycles. The number of carbonyl (C=O) groups is 1. The molecule has 0 aliphatic rings. The summed E-state index contributed by atoms with van der Waals surface area (Å²) in [6.07, 6.45) is 10.2. The Balaban J connectivity index is 1.52. The summed E-state index contributed by atoms with van der Waals surface area (Å²) in [7, 11) is 1.57. The summed E-state index contributed by atoms with van der Waals surface area (Å²) in [6.45, 7) is 1.16. The summed E-state index contributed by atoms with van der Waals surface area (Å²) in [5.74, 6) is 0.238. The van der Waals surface area contributed by atoms with E-state index in [9.17, 15) is 4.79 Å². The zero-order valence-electron chi connectivity index (χ0n) is 17.6. The number of carbonyl (C=O) groups excluding carboxylic acids is 1. The minimum atomic E-state index is -0.349. The Morgan fingerprint density at radius 3 is 2.79 bits per heavy atom. The molecule has 0 spiro atoms. The van der Waals surface area contributed by atoms with Crippen LogP contribution < -0.4 is 10.1 Å². The molecule has 5 aromatic rings. The maximum atomic E-state index is 13.1. The van der Waals surface area contributed by atoms with Gasteiger partial charge >= 0.3 is 0 Å². The lowest BCUT2D eigenvalue weighted by molar-refractivity contribution is 0.102. The van der Waals surface area contributed by atoms with Gasteiger partial charge in [0.25, 0.3) is 5.91 Å². The fourth-order valence-electron chi connectivity index (χ4n) is 3.51. The predicted octanol–water partition coefficient (Wildman–Crippen LogP) is 3.40. The van der Waals surface area contributed by atoms with Crippen LogP contribution in [0.3, 0.4) is 0 Å². The first kappa shape index (κ1) is 20.7. The lowest BCUT2D eigenvalue weighted by Gasteiger charge is -2.09. The van der Waals surface area contributed by atoms with E-state index in [-0.39, 0.29) is 5.91 Å². The second-order valence-corrected chi connectivity index (χ2v) is 7.60. The number of fused-ring (bicyclic) bond motifs is 1. The number of amides is 1. The van der Waals surface area contributed by atoms with Crippen molar-refractivity contribution in [1.82, 2.24) is 34.2 Å². The van der Waals surface area contributed by atoms with Crippen LogP contribution in [0, 0.1) is 0 Å². The van der Waals surface area contributed by atoms with Gasteiger partial charge < -0.3 is 10.1 Å². The molecule has 11 heteroatoms. The van der Waals surface area contributed by atoms with Crippen LogP contribution in [0.2, 0.25) is 5.02 Å². The van der Waals surface area contributed by atoms with Crippen LogP contribution in [-0.2, 0) is 13.1 Å². The highest BCUT2D eigenvalue weighted by Crippen LogP contribution is 2.36. The van der Waals surface area contributed by atoms with Gasteiger partial charge in [-0.1, -0.05) is 11.6 Å². The third kappa shape index (κ3) is 4.15. The summed E-state index contributed by atoms with van der Waals surface area (Å²) >= 11 is 6.26. The maximum Gasteiger partial charge on any atom is 0.261 e. The first-order valence-corrected chi connectivity index (χ1v) is 10.5. The third-order valence-electron chi connectivity index (χ3n) is 5.07. The molecule has 0 aliphatic carbocycles. The monoisotopic (exact) mass is 462 g/mol. The number of anilines is 1. The highest BCUT2D eigenvalue weighted by molar-refractivity contribution is 6.31. The minimum Gasteiger partial charge on any atom is -0.496 e. The molecule has 166 valence electrons. The Morgan fingerprint density at radius 1 is 1.12 bits per heavy atom. The zero-order chi connectivity index (χ0) is 22.8. The zero-order valence-corrected chi connectivity index (χ0v) is 18.3. The third-order valence-corrected chi connectivity index (χ3v) is 5.30.